The average molecular weight is 267 g/mol. The van der Waals surface area contributed by atoms with Crippen molar-refractivity contribution in [2.75, 3.05) is 5.75 Å². The lowest BCUT2D eigenvalue weighted by Crippen LogP contribution is -2.39. The van der Waals surface area contributed by atoms with Crippen LogP contribution in [0.15, 0.2) is 24.3 Å². The molecule has 2 aliphatic rings. The molecule has 1 N–H and O–H groups in total. The van der Waals surface area contributed by atoms with Gasteiger partial charge in [-0.1, -0.05) is 18.2 Å². The Morgan fingerprint density at radius 1 is 1.33 bits per heavy atom. The number of fused-ring (bicyclic) bond motifs is 3. The topological polar surface area (TPSA) is 91.7 Å². The fraction of sp³-hybridized carbons (Fsp3) is 0.273. The summed E-state index contributed by atoms with van der Waals surface area (Å²) in [4.78, 5) is 24.1. The molecule has 2 aliphatic heterocycles. The predicted octanol–water partition coefficient (Wildman–Crippen LogP) is 0.0226. The first-order valence-electron chi connectivity index (χ1n) is 5.29. The van der Waals surface area contributed by atoms with Gasteiger partial charge in [0.2, 0.25) is 0 Å². The molecule has 0 aliphatic carbocycles. The average Bonchev–Trinajstić information content (AvgIpc) is 2.76. The van der Waals surface area contributed by atoms with Crippen molar-refractivity contribution in [2.45, 2.75) is 11.4 Å². The summed E-state index contributed by atoms with van der Waals surface area (Å²) in [5.74, 6) is -2.33. The van der Waals surface area contributed by atoms with Gasteiger partial charge in [0.05, 0.1) is 5.75 Å². The number of sulfone groups is 1. The fourth-order valence-electron chi connectivity index (χ4n) is 2.56. The first kappa shape index (κ1) is 11.2. The SMILES string of the molecule is O=C(O)C1CS(=O)(=O)C2c3ccccc3C(=O)N12. The highest BCUT2D eigenvalue weighted by Gasteiger charge is 2.56. The van der Waals surface area contributed by atoms with Crippen molar-refractivity contribution in [3.63, 3.8) is 0 Å². The smallest absolute Gasteiger partial charge is 0.327 e. The number of carboxylic acids is 1. The molecule has 0 saturated carbocycles. The van der Waals surface area contributed by atoms with Crippen LogP contribution in [-0.2, 0) is 14.6 Å². The second-order valence-corrected chi connectivity index (χ2v) is 6.44. The molecule has 1 aromatic carbocycles. The van der Waals surface area contributed by atoms with E-state index in [2.05, 4.69) is 0 Å². The van der Waals surface area contributed by atoms with Crippen molar-refractivity contribution in [2.24, 2.45) is 0 Å². The highest BCUT2D eigenvalue weighted by Crippen LogP contribution is 2.44. The third-order valence-electron chi connectivity index (χ3n) is 3.30. The Morgan fingerprint density at radius 2 is 2.00 bits per heavy atom. The lowest BCUT2D eigenvalue weighted by atomic mass is 10.1. The van der Waals surface area contributed by atoms with E-state index in [1.165, 1.54) is 6.07 Å². The number of amides is 1. The quantitative estimate of drug-likeness (QED) is 0.774. The molecule has 3 rings (SSSR count). The van der Waals surface area contributed by atoms with Gasteiger partial charge in [0.1, 0.15) is 6.04 Å². The van der Waals surface area contributed by atoms with Gasteiger partial charge in [-0.05, 0) is 6.07 Å². The van der Waals surface area contributed by atoms with E-state index in [-0.39, 0.29) is 5.56 Å². The van der Waals surface area contributed by atoms with E-state index < -0.39 is 38.9 Å². The van der Waals surface area contributed by atoms with Gasteiger partial charge in [0.25, 0.3) is 5.91 Å². The number of aliphatic carboxylic acids is 1. The summed E-state index contributed by atoms with van der Waals surface area (Å²) >= 11 is 0. The summed E-state index contributed by atoms with van der Waals surface area (Å²) in [6.45, 7) is 0. The molecule has 2 atom stereocenters. The number of hydrogen-bond donors (Lipinski definition) is 1. The maximum atomic E-state index is 12.1. The molecule has 2 heterocycles. The van der Waals surface area contributed by atoms with Crippen LogP contribution in [0.5, 0.6) is 0 Å². The number of nitrogens with zero attached hydrogens (tertiary/aromatic N) is 1. The molecule has 0 aromatic heterocycles. The van der Waals surface area contributed by atoms with Crippen LogP contribution in [-0.4, -0.2) is 42.1 Å². The Labute approximate surface area is 103 Å². The highest BCUT2D eigenvalue weighted by molar-refractivity contribution is 7.92. The molecule has 0 spiro atoms. The molecule has 1 fully saturated rings. The van der Waals surface area contributed by atoms with Crippen molar-refractivity contribution < 1.29 is 23.1 Å². The van der Waals surface area contributed by atoms with E-state index in [9.17, 15) is 18.0 Å². The van der Waals surface area contributed by atoms with Crippen LogP contribution in [0.25, 0.3) is 0 Å². The number of benzene rings is 1. The van der Waals surface area contributed by atoms with Crippen LogP contribution >= 0.6 is 0 Å². The number of rotatable bonds is 1. The molecule has 18 heavy (non-hydrogen) atoms. The van der Waals surface area contributed by atoms with Crippen molar-refractivity contribution in [3.8, 4) is 0 Å². The van der Waals surface area contributed by atoms with Gasteiger partial charge in [-0.2, -0.15) is 0 Å². The van der Waals surface area contributed by atoms with Crippen LogP contribution < -0.4 is 0 Å². The van der Waals surface area contributed by atoms with E-state index in [4.69, 9.17) is 5.11 Å². The first-order chi connectivity index (χ1) is 8.43. The van der Waals surface area contributed by atoms with Gasteiger partial charge in [-0.15, -0.1) is 0 Å². The molecule has 0 radical (unpaired) electrons. The third-order valence-corrected chi connectivity index (χ3v) is 5.24. The van der Waals surface area contributed by atoms with Crippen LogP contribution in [0.3, 0.4) is 0 Å². The lowest BCUT2D eigenvalue weighted by Gasteiger charge is -2.18. The first-order valence-corrected chi connectivity index (χ1v) is 7.01. The Balaban J connectivity index is 2.23. The largest absolute Gasteiger partial charge is 0.480 e. The summed E-state index contributed by atoms with van der Waals surface area (Å²) in [7, 11) is -3.64. The van der Waals surface area contributed by atoms with E-state index in [1.54, 1.807) is 18.2 Å². The predicted molar refractivity (Wildman–Crippen MR) is 60.6 cm³/mol. The van der Waals surface area contributed by atoms with Crippen molar-refractivity contribution in [3.05, 3.63) is 35.4 Å². The van der Waals surface area contributed by atoms with Gasteiger partial charge in [-0.3, -0.25) is 4.79 Å². The van der Waals surface area contributed by atoms with Crippen LogP contribution in [0.1, 0.15) is 21.3 Å². The van der Waals surface area contributed by atoms with Gasteiger partial charge >= 0.3 is 5.97 Å². The minimum absolute atomic E-state index is 0.275. The molecule has 1 aromatic rings. The molecular weight excluding hydrogens is 258 g/mol. The molecule has 0 bridgehead atoms. The maximum Gasteiger partial charge on any atom is 0.327 e. The summed E-state index contributed by atoms with van der Waals surface area (Å²) < 4.78 is 24.0. The Hall–Kier alpha value is -1.89. The highest BCUT2D eigenvalue weighted by atomic mass is 32.2. The Kier molecular flexibility index (Phi) is 2.07. The van der Waals surface area contributed by atoms with E-state index >= 15 is 0 Å². The monoisotopic (exact) mass is 267 g/mol. The van der Waals surface area contributed by atoms with Crippen molar-refractivity contribution in [1.82, 2.24) is 4.90 Å². The summed E-state index contributed by atoms with van der Waals surface area (Å²) in [6, 6.07) is 5.05. The normalized spacial score (nSPS) is 28.0. The van der Waals surface area contributed by atoms with Gasteiger partial charge in [0, 0.05) is 11.1 Å². The number of carbonyl (C=O) groups is 2. The van der Waals surface area contributed by atoms with Crippen LogP contribution in [0.2, 0.25) is 0 Å². The molecular formula is C11H9NO5S. The lowest BCUT2D eigenvalue weighted by molar-refractivity contribution is -0.141. The second-order valence-electron chi connectivity index (χ2n) is 4.34. The molecule has 94 valence electrons. The van der Waals surface area contributed by atoms with Gasteiger partial charge in [0.15, 0.2) is 15.2 Å². The van der Waals surface area contributed by atoms with Crippen LogP contribution in [0, 0.1) is 0 Å². The zero-order valence-corrected chi connectivity index (χ0v) is 9.92. The molecule has 1 saturated heterocycles. The van der Waals surface area contributed by atoms with Gasteiger partial charge < -0.3 is 10.0 Å². The van der Waals surface area contributed by atoms with E-state index in [0.29, 0.717) is 5.56 Å². The summed E-state index contributed by atoms with van der Waals surface area (Å²) in [5.41, 5.74) is 0.656. The number of carboxylic acid groups (broad SMARTS) is 1. The van der Waals surface area contributed by atoms with Crippen LogP contribution in [0.4, 0.5) is 0 Å². The maximum absolute atomic E-state index is 12.1. The standard InChI is InChI=1S/C11H9NO5S/c13-9-6-3-1-2-4-7(6)10-12(9)8(11(14)15)5-18(10,16)17/h1-4,8,10H,5H2,(H,14,15). The van der Waals surface area contributed by atoms with Crippen molar-refractivity contribution >= 4 is 21.7 Å². The Morgan fingerprint density at radius 3 is 2.67 bits per heavy atom. The molecule has 2 unspecified atom stereocenters. The van der Waals surface area contributed by atoms with E-state index in [0.717, 1.165) is 4.90 Å². The third kappa shape index (κ3) is 1.25. The van der Waals surface area contributed by atoms with E-state index in [1.807, 2.05) is 0 Å². The number of carbonyl (C=O) groups excluding carboxylic acids is 1. The zero-order valence-electron chi connectivity index (χ0n) is 9.11. The summed E-state index contributed by atoms with van der Waals surface area (Å²) in [5, 5.41) is 7.89. The summed E-state index contributed by atoms with van der Waals surface area (Å²) in [6.07, 6.45) is 0. The fourth-order valence-corrected chi connectivity index (χ4v) is 4.66. The Bertz CT molecular complexity index is 666. The molecule has 6 nitrogen and oxygen atoms in total. The molecule has 1 amide bonds. The second kappa shape index (κ2) is 3.32. The minimum Gasteiger partial charge on any atom is -0.480 e. The molecule has 7 heteroatoms. The zero-order chi connectivity index (χ0) is 13.1. The van der Waals surface area contributed by atoms with Crippen molar-refractivity contribution in [1.29, 1.82) is 0 Å². The minimum atomic E-state index is -3.64. The number of hydrogen-bond acceptors (Lipinski definition) is 4. The van der Waals surface area contributed by atoms with Gasteiger partial charge in [-0.25, -0.2) is 13.2 Å².